The number of carbonyl (C=O) groups is 1. The van der Waals surface area contributed by atoms with Crippen molar-refractivity contribution in [3.05, 3.63) is 57.9 Å². The van der Waals surface area contributed by atoms with E-state index in [-0.39, 0.29) is 4.88 Å². The number of carboxylic acids is 1. The number of benzene rings is 1. The number of aromatic nitrogens is 1. The lowest BCUT2D eigenvalue weighted by molar-refractivity contribution is 0.0697. The molecule has 2 heterocycles. The molecule has 4 nitrogen and oxygen atoms in total. The Morgan fingerprint density at radius 2 is 2.14 bits per heavy atom. The number of para-hydroxylation sites is 1. The third kappa shape index (κ3) is 2.73. The number of aryl methyl sites for hydroxylation is 1. The quantitative estimate of drug-likeness (QED) is 0.794. The van der Waals surface area contributed by atoms with Gasteiger partial charge in [0, 0.05) is 22.0 Å². The summed E-state index contributed by atoms with van der Waals surface area (Å²) in [6.07, 6.45) is 1.74. The van der Waals surface area contributed by atoms with Crippen LogP contribution in [0.1, 0.15) is 20.1 Å². The van der Waals surface area contributed by atoms with Crippen LogP contribution in [0.25, 0.3) is 10.9 Å². The SMILES string of the molecule is Cc1cc(OCc2cccc3cccnc23)c(C(=O)O)s1. The maximum atomic E-state index is 11.2. The van der Waals surface area contributed by atoms with Crippen LogP contribution in [0.3, 0.4) is 0 Å². The molecule has 21 heavy (non-hydrogen) atoms. The van der Waals surface area contributed by atoms with Crippen LogP contribution < -0.4 is 4.74 Å². The summed E-state index contributed by atoms with van der Waals surface area (Å²) in [5, 5.41) is 10.2. The number of thiophene rings is 1. The highest BCUT2D eigenvalue weighted by atomic mass is 32.1. The summed E-state index contributed by atoms with van der Waals surface area (Å²) in [5.74, 6) is -0.544. The van der Waals surface area contributed by atoms with Gasteiger partial charge >= 0.3 is 5.97 Å². The normalized spacial score (nSPS) is 10.7. The second kappa shape index (κ2) is 5.54. The van der Waals surface area contributed by atoms with E-state index in [9.17, 15) is 4.79 Å². The molecule has 0 bridgehead atoms. The number of aromatic carboxylic acids is 1. The predicted molar refractivity (Wildman–Crippen MR) is 82.1 cm³/mol. The molecule has 0 amide bonds. The molecule has 0 unspecified atom stereocenters. The van der Waals surface area contributed by atoms with Crippen molar-refractivity contribution in [1.82, 2.24) is 4.98 Å². The number of carboxylic acid groups (broad SMARTS) is 1. The summed E-state index contributed by atoms with van der Waals surface area (Å²) < 4.78 is 5.70. The predicted octanol–water partition coefficient (Wildman–Crippen LogP) is 3.88. The molecule has 0 aliphatic rings. The van der Waals surface area contributed by atoms with Gasteiger partial charge < -0.3 is 9.84 Å². The van der Waals surface area contributed by atoms with Gasteiger partial charge in [0.25, 0.3) is 0 Å². The summed E-state index contributed by atoms with van der Waals surface area (Å²) in [6, 6.07) is 11.5. The van der Waals surface area contributed by atoms with Crippen LogP contribution >= 0.6 is 11.3 Å². The summed E-state index contributed by atoms with van der Waals surface area (Å²) in [6.45, 7) is 2.16. The van der Waals surface area contributed by atoms with Crippen LogP contribution in [0.4, 0.5) is 0 Å². The first-order valence-electron chi connectivity index (χ1n) is 6.44. The Balaban J connectivity index is 1.89. The zero-order valence-electron chi connectivity index (χ0n) is 11.4. The molecule has 3 rings (SSSR count). The Morgan fingerprint density at radius 1 is 1.33 bits per heavy atom. The first kappa shape index (κ1) is 13.6. The minimum atomic E-state index is -0.959. The molecule has 0 aliphatic carbocycles. The highest BCUT2D eigenvalue weighted by molar-refractivity contribution is 7.14. The van der Waals surface area contributed by atoms with Crippen molar-refractivity contribution >= 4 is 28.2 Å². The maximum absolute atomic E-state index is 11.2. The van der Waals surface area contributed by atoms with E-state index >= 15 is 0 Å². The van der Waals surface area contributed by atoms with Gasteiger partial charge in [0.05, 0.1) is 5.52 Å². The summed E-state index contributed by atoms with van der Waals surface area (Å²) in [4.78, 5) is 16.7. The van der Waals surface area contributed by atoms with Crippen molar-refractivity contribution in [2.45, 2.75) is 13.5 Å². The van der Waals surface area contributed by atoms with Crippen LogP contribution in [0.5, 0.6) is 5.75 Å². The zero-order chi connectivity index (χ0) is 14.8. The molecule has 0 saturated heterocycles. The van der Waals surface area contributed by atoms with E-state index in [1.165, 1.54) is 11.3 Å². The van der Waals surface area contributed by atoms with Gasteiger partial charge in [0.1, 0.15) is 12.4 Å². The monoisotopic (exact) mass is 299 g/mol. The van der Waals surface area contributed by atoms with Gasteiger partial charge in [0.2, 0.25) is 0 Å². The molecule has 5 heteroatoms. The van der Waals surface area contributed by atoms with E-state index < -0.39 is 5.97 Å². The van der Waals surface area contributed by atoms with Gasteiger partial charge in [-0.25, -0.2) is 4.79 Å². The number of nitrogens with zero attached hydrogens (tertiary/aromatic N) is 1. The van der Waals surface area contributed by atoms with E-state index in [1.807, 2.05) is 37.3 Å². The highest BCUT2D eigenvalue weighted by Gasteiger charge is 2.15. The van der Waals surface area contributed by atoms with Crippen LogP contribution in [-0.4, -0.2) is 16.1 Å². The molecule has 0 fully saturated rings. The van der Waals surface area contributed by atoms with Gasteiger partial charge in [-0.3, -0.25) is 4.98 Å². The lowest BCUT2D eigenvalue weighted by Gasteiger charge is -2.08. The minimum Gasteiger partial charge on any atom is -0.487 e. The maximum Gasteiger partial charge on any atom is 0.349 e. The molecule has 0 spiro atoms. The van der Waals surface area contributed by atoms with E-state index in [2.05, 4.69) is 4.98 Å². The van der Waals surface area contributed by atoms with Crippen molar-refractivity contribution in [3.8, 4) is 5.75 Å². The van der Waals surface area contributed by atoms with Crippen molar-refractivity contribution < 1.29 is 14.6 Å². The standard InChI is InChI=1S/C16H13NO3S/c1-10-8-13(15(21-10)16(18)19)20-9-12-5-2-4-11-6-3-7-17-14(11)12/h2-8H,9H2,1H3,(H,18,19). The molecule has 3 aromatic rings. The van der Waals surface area contributed by atoms with Gasteiger partial charge in [-0.05, 0) is 19.1 Å². The zero-order valence-corrected chi connectivity index (χ0v) is 12.2. The molecule has 1 aromatic carbocycles. The van der Waals surface area contributed by atoms with Crippen LogP contribution in [0.2, 0.25) is 0 Å². The lowest BCUT2D eigenvalue weighted by atomic mass is 10.1. The Hall–Kier alpha value is -2.40. The Morgan fingerprint density at radius 3 is 2.95 bits per heavy atom. The number of hydrogen-bond acceptors (Lipinski definition) is 4. The lowest BCUT2D eigenvalue weighted by Crippen LogP contribution is -2.01. The average Bonchev–Trinajstić information content (AvgIpc) is 2.86. The molecule has 106 valence electrons. The van der Waals surface area contributed by atoms with E-state index in [4.69, 9.17) is 9.84 Å². The molecule has 1 N–H and O–H groups in total. The van der Waals surface area contributed by atoms with Gasteiger partial charge in [-0.2, -0.15) is 0 Å². The number of rotatable bonds is 4. The third-order valence-electron chi connectivity index (χ3n) is 3.11. The first-order chi connectivity index (χ1) is 10.1. The van der Waals surface area contributed by atoms with Crippen LogP contribution in [0, 0.1) is 6.92 Å². The van der Waals surface area contributed by atoms with Crippen molar-refractivity contribution in [3.63, 3.8) is 0 Å². The van der Waals surface area contributed by atoms with E-state index in [0.717, 1.165) is 21.3 Å². The first-order valence-corrected chi connectivity index (χ1v) is 7.26. The highest BCUT2D eigenvalue weighted by Crippen LogP contribution is 2.30. The fourth-order valence-corrected chi connectivity index (χ4v) is 2.98. The molecule has 0 radical (unpaired) electrons. The smallest absolute Gasteiger partial charge is 0.349 e. The van der Waals surface area contributed by atoms with Gasteiger partial charge in [-0.15, -0.1) is 11.3 Å². The molecule has 2 aromatic heterocycles. The fraction of sp³-hybridized carbons (Fsp3) is 0.125. The van der Waals surface area contributed by atoms with Crippen LogP contribution in [-0.2, 0) is 6.61 Å². The number of pyridine rings is 1. The number of fused-ring (bicyclic) bond motifs is 1. The van der Waals surface area contributed by atoms with Gasteiger partial charge in [-0.1, -0.05) is 24.3 Å². The van der Waals surface area contributed by atoms with Crippen LogP contribution in [0.15, 0.2) is 42.6 Å². The molecular formula is C16H13NO3S. The summed E-state index contributed by atoms with van der Waals surface area (Å²) >= 11 is 1.22. The largest absolute Gasteiger partial charge is 0.487 e. The second-order valence-corrected chi connectivity index (χ2v) is 5.89. The molecular weight excluding hydrogens is 286 g/mol. The Kier molecular flexibility index (Phi) is 3.58. The number of ether oxygens (including phenoxy) is 1. The molecule has 0 atom stereocenters. The average molecular weight is 299 g/mol. The Labute approximate surface area is 125 Å². The topological polar surface area (TPSA) is 59.4 Å². The Bertz CT molecular complexity index is 805. The number of hydrogen-bond donors (Lipinski definition) is 1. The van der Waals surface area contributed by atoms with Crippen molar-refractivity contribution in [2.24, 2.45) is 0 Å². The molecule has 0 saturated carbocycles. The van der Waals surface area contributed by atoms with Crippen molar-refractivity contribution in [2.75, 3.05) is 0 Å². The minimum absolute atomic E-state index is 0.237. The molecule has 0 aliphatic heterocycles. The van der Waals surface area contributed by atoms with E-state index in [0.29, 0.717) is 12.4 Å². The second-order valence-electron chi connectivity index (χ2n) is 4.64. The van der Waals surface area contributed by atoms with Gasteiger partial charge in [0.15, 0.2) is 4.88 Å². The van der Waals surface area contributed by atoms with Crippen molar-refractivity contribution in [1.29, 1.82) is 0 Å². The van der Waals surface area contributed by atoms with E-state index in [1.54, 1.807) is 12.3 Å². The summed E-state index contributed by atoms with van der Waals surface area (Å²) in [5.41, 5.74) is 1.82. The third-order valence-corrected chi connectivity index (χ3v) is 4.13. The summed E-state index contributed by atoms with van der Waals surface area (Å²) in [7, 11) is 0. The fourth-order valence-electron chi connectivity index (χ4n) is 2.19.